The second kappa shape index (κ2) is 7.44. The third-order valence-electron chi connectivity index (χ3n) is 4.58. The summed E-state index contributed by atoms with van der Waals surface area (Å²) in [4.78, 5) is 12.1. The normalized spacial score (nSPS) is 25.6. The van der Waals surface area contributed by atoms with E-state index in [1.807, 2.05) is 0 Å². The van der Waals surface area contributed by atoms with Crippen LogP contribution in [0.4, 0.5) is 0 Å². The number of aliphatic hydroxyl groups is 1. The minimum absolute atomic E-state index is 0.139. The lowest BCUT2D eigenvalue weighted by molar-refractivity contribution is -0.127. The highest BCUT2D eigenvalue weighted by Gasteiger charge is 2.32. The van der Waals surface area contributed by atoms with Gasteiger partial charge < -0.3 is 10.4 Å². The number of carbonyl (C=O) groups excluding carboxylic acids is 1. The molecular weight excluding hydrogens is 250 g/mol. The number of amides is 1. The molecule has 0 saturated heterocycles. The van der Waals surface area contributed by atoms with E-state index >= 15 is 0 Å². The first-order chi connectivity index (χ1) is 9.20. The fraction of sp³-hybridized carbons (Fsp3) is 0.941. The Bertz CT molecular complexity index is 299. The lowest BCUT2D eigenvalue weighted by Gasteiger charge is -2.36. The molecule has 1 aliphatic rings. The van der Waals surface area contributed by atoms with Crippen molar-refractivity contribution in [3.63, 3.8) is 0 Å². The van der Waals surface area contributed by atoms with Crippen molar-refractivity contribution in [1.29, 1.82) is 0 Å². The number of carbonyl (C=O) groups is 1. The van der Waals surface area contributed by atoms with Crippen molar-refractivity contribution in [2.24, 2.45) is 23.2 Å². The van der Waals surface area contributed by atoms with Crippen LogP contribution in [0.3, 0.4) is 0 Å². The molecule has 1 fully saturated rings. The van der Waals surface area contributed by atoms with E-state index in [9.17, 15) is 9.90 Å². The average molecular weight is 283 g/mol. The summed E-state index contributed by atoms with van der Waals surface area (Å²) in [5, 5.41) is 12.7. The van der Waals surface area contributed by atoms with Crippen LogP contribution >= 0.6 is 0 Å². The van der Waals surface area contributed by atoms with E-state index in [0.717, 1.165) is 38.0 Å². The van der Waals surface area contributed by atoms with Gasteiger partial charge in [-0.05, 0) is 49.4 Å². The number of aliphatic hydroxyl groups excluding tert-OH is 1. The fourth-order valence-corrected chi connectivity index (χ4v) is 3.21. The molecule has 0 spiro atoms. The molecule has 0 aliphatic heterocycles. The molecule has 3 heteroatoms. The highest BCUT2D eigenvalue weighted by atomic mass is 16.3. The maximum Gasteiger partial charge on any atom is 0.223 e. The van der Waals surface area contributed by atoms with Crippen LogP contribution in [0.25, 0.3) is 0 Å². The molecule has 20 heavy (non-hydrogen) atoms. The first-order valence-electron chi connectivity index (χ1n) is 8.16. The van der Waals surface area contributed by atoms with Crippen LogP contribution in [0, 0.1) is 23.2 Å². The molecular formula is C17H33NO2. The quantitative estimate of drug-likeness (QED) is 0.813. The molecule has 0 aromatic rings. The van der Waals surface area contributed by atoms with Crippen LogP contribution in [0.15, 0.2) is 0 Å². The van der Waals surface area contributed by atoms with Crippen molar-refractivity contribution >= 4 is 5.91 Å². The van der Waals surface area contributed by atoms with Crippen molar-refractivity contribution < 1.29 is 9.90 Å². The number of hydrogen-bond donors (Lipinski definition) is 2. The molecule has 1 rings (SSSR count). The fourth-order valence-electron chi connectivity index (χ4n) is 3.21. The average Bonchev–Trinajstić information content (AvgIpc) is 2.34. The van der Waals surface area contributed by atoms with Gasteiger partial charge in [-0.3, -0.25) is 4.79 Å². The first kappa shape index (κ1) is 17.5. The SMILES string of the molecule is CC(C)CC(O)CNC(=O)C1CCC(C(C)(C)C)CC1. The maximum absolute atomic E-state index is 12.1. The summed E-state index contributed by atoms with van der Waals surface area (Å²) in [6, 6.07) is 0. The Balaban J connectivity index is 2.29. The lowest BCUT2D eigenvalue weighted by atomic mass is 9.69. The molecule has 2 N–H and O–H groups in total. The van der Waals surface area contributed by atoms with Gasteiger partial charge in [0.25, 0.3) is 0 Å². The Morgan fingerprint density at radius 1 is 1.20 bits per heavy atom. The van der Waals surface area contributed by atoms with Gasteiger partial charge >= 0.3 is 0 Å². The Labute approximate surface area is 124 Å². The molecule has 1 aliphatic carbocycles. The zero-order chi connectivity index (χ0) is 15.3. The Hall–Kier alpha value is -0.570. The van der Waals surface area contributed by atoms with Crippen LogP contribution < -0.4 is 5.32 Å². The predicted octanol–water partition coefficient (Wildman–Crippen LogP) is 3.36. The van der Waals surface area contributed by atoms with E-state index in [4.69, 9.17) is 0 Å². The molecule has 0 bridgehead atoms. The standard InChI is InChI=1S/C17H33NO2/c1-12(2)10-15(19)11-18-16(20)13-6-8-14(9-7-13)17(3,4)5/h12-15,19H,6-11H2,1-5H3,(H,18,20). The smallest absolute Gasteiger partial charge is 0.223 e. The van der Waals surface area contributed by atoms with E-state index in [2.05, 4.69) is 39.9 Å². The zero-order valence-corrected chi connectivity index (χ0v) is 13.9. The molecule has 3 nitrogen and oxygen atoms in total. The molecule has 0 heterocycles. The second-order valence-electron chi connectivity index (χ2n) is 7.94. The van der Waals surface area contributed by atoms with E-state index < -0.39 is 6.10 Å². The second-order valence-corrected chi connectivity index (χ2v) is 7.94. The third kappa shape index (κ3) is 5.82. The third-order valence-corrected chi connectivity index (χ3v) is 4.58. The van der Waals surface area contributed by atoms with Gasteiger partial charge in [0, 0.05) is 12.5 Å². The Morgan fingerprint density at radius 2 is 1.75 bits per heavy atom. The number of rotatable bonds is 5. The van der Waals surface area contributed by atoms with Crippen LogP contribution in [-0.4, -0.2) is 23.7 Å². The van der Waals surface area contributed by atoms with Gasteiger partial charge in [0.2, 0.25) is 5.91 Å². The maximum atomic E-state index is 12.1. The molecule has 0 aromatic heterocycles. The number of hydrogen-bond acceptors (Lipinski definition) is 2. The van der Waals surface area contributed by atoms with E-state index in [-0.39, 0.29) is 11.8 Å². The van der Waals surface area contributed by atoms with Gasteiger partial charge in [0.15, 0.2) is 0 Å². The van der Waals surface area contributed by atoms with Crippen LogP contribution in [0.1, 0.15) is 66.7 Å². The predicted molar refractivity (Wildman–Crippen MR) is 83.4 cm³/mol. The highest BCUT2D eigenvalue weighted by Crippen LogP contribution is 2.39. The minimum Gasteiger partial charge on any atom is -0.391 e. The van der Waals surface area contributed by atoms with E-state index in [1.165, 1.54) is 0 Å². The van der Waals surface area contributed by atoms with Crippen molar-refractivity contribution in [3.8, 4) is 0 Å². The summed E-state index contributed by atoms with van der Waals surface area (Å²) in [5.41, 5.74) is 0.356. The molecule has 1 unspecified atom stereocenters. The molecule has 1 amide bonds. The lowest BCUT2D eigenvalue weighted by Crippen LogP contribution is -2.39. The summed E-state index contributed by atoms with van der Waals surface area (Å²) in [6.07, 6.45) is 4.62. The summed E-state index contributed by atoms with van der Waals surface area (Å²) >= 11 is 0. The Kier molecular flexibility index (Phi) is 6.50. The van der Waals surface area contributed by atoms with E-state index in [0.29, 0.717) is 17.9 Å². The summed E-state index contributed by atoms with van der Waals surface area (Å²) in [5.74, 6) is 1.49. The first-order valence-corrected chi connectivity index (χ1v) is 8.16. The van der Waals surface area contributed by atoms with Crippen LogP contribution in [0.5, 0.6) is 0 Å². The Morgan fingerprint density at radius 3 is 2.20 bits per heavy atom. The molecule has 0 aromatic carbocycles. The van der Waals surface area contributed by atoms with Gasteiger partial charge in [-0.1, -0.05) is 34.6 Å². The minimum atomic E-state index is -0.412. The van der Waals surface area contributed by atoms with Crippen molar-refractivity contribution in [1.82, 2.24) is 5.32 Å². The monoisotopic (exact) mass is 283 g/mol. The van der Waals surface area contributed by atoms with Crippen LogP contribution in [-0.2, 0) is 4.79 Å². The largest absolute Gasteiger partial charge is 0.391 e. The summed E-state index contributed by atoms with van der Waals surface area (Å²) < 4.78 is 0. The van der Waals surface area contributed by atoms with Crippen molar-refractivity contribution in [3.05, 3.63) is 0 Å². The van der Waals surface area contributed by atoms with Crippen molar-refractivity contribution in [2.45, 2.75) is 72.8 Å². The van der Waals surface area contributed by atoms with Gasteiger partial charge in [0.1, 0.15) is 0 Å². The van der Waals surface area contributed by atoms with Crippen molar-refractivity contribution in [2.75, 3.05) is 6.54 Å². The number of nitrogens with one attached hydrogen (secondary N) is 1. The highest BCUT2D eigenvalue weighted by molar-refractivity contribution is 5.78. The van der Waals surface area contributed by atoms with Crippen LogP contribution in [0.2, 0.25) is 0 Å². The van der Waals surface area contributed by atoms with Gasteiger partial charge in [-0.2, -0.15) is 0 Å². The van der Waals surface area contributed by atoms with Gasteiger partial charge in [0.05, 0.1) is 6.10 Å². The molecule has 1 saturated carbocycles. The molecule has 118 valence electrons. The zero-order valence-electron chi connectivity index (χ0n) is 13.9. The van der Waals surface area contributed by atoms with Gasteiger partial charge in [-0.15, -0.1) is 0 Å². The summed E-state index contributed by atoms with van der Waals surface area (Å²) in [6.45, 7) is 11.4. The molecule has 0 radical (unpaired) electrons. The van der Waals surface area contributed by atoms with Gasteiger partial charge in [-0.25, -0.2) is 0 Å². The topological polar surface area (TPSA) is 49.3 Å². The summed E-state index contributed by atoms with van der Waals surface area (Å²) in [7, 11) is 0. The molecule has 1 atom stereocenters. The van der Waals surface area contributed by atoms with E-state index in [1.54, 1.807) is 0 Å².